The highest BCUT2D eigenvalue weighted by molar-refractivity contribution is 5.72. The van der Waals surface area contributed by atoms with Crippen LogP contribution >= 0.6 is 0 Å². The summed E-state index contributed by atoms with van der Waals surface area (Å²) in [5, 5.41) is 8.78. The minimum absolute atomic E-state index is 0.312. The maximum atomic E-state index is 10.7. The molecule has 1 aliphatic heterocycles. The average Bonchev–Trinajstić information content (AvgIpc) is 2.03. The lowest BCUT2D eigenvalue weighted by Crippen LogP contribution is -2.44. The number of carboxylic acid groups (broad SMARTS) is 1. The zero-order valence-electron chi connectivity index (χ0n) is 7.79. The molecule has 0 amide bonds. The topological polar surface area (TPSA) is 40.5 Å². The molecule has 0 spiro atoms. The molecular weight excluding hydrogens is 154 g/mol. The van der Waals surface area contributed by atoms with Crippen LogP contribution in [0.15, 0.2) is 0 Å². The van der Waals surface area contributed by atoms with Gasteiger partial charge in [0.15, 0.2) is 0 Å². The molecule has 1 saturated heterocycles. The summed E-state index contributed by atoms with van der Waals surface area (Å²) in [6, 6.07) is -0.312. The van der Waals surface area contributed by atoms with Gasteiger partial charge < -0.3 is 5.11 Å². The van der Waals surface area contributed by atoms with Crippen LogP contribution in [-0.4, -0.2) is 35.1 Å². The van der Waals surface area contributed by atoms with Crippen molar-refractivity contribution in [3.8, 4) is 0 Å². The third kappa shape index (κ3) is 2.21. The average molecular weight is 171 g/mol. The van der Waals surface area contributed by atoms with Crippen LogP contribution in [-0.2, 0) is 4.79 Å². The van der Waals surface area contributed by atoms with Crippen LogP contribution in [0.1, 0.15) is 26.7 Å². The molecule has 0 unspecified atom stereocenters. The molecule has 12 heavy (non-hydrogen) atoms. The maximum Gasteiger partial charge on any atom is 0.320 e. The van der Waals surface area contributed by atoms with Crippen LogP contribution in [0.3, 0.4) is 0 Å². The minimum Gasteiger partial charge on any atom is -0.480 e. The minimum atomic E-state index is -0.705. The lowest BCUT2D eigenvalue weighted by atomic mass is 9.99. The summed E-state index contributed by atoms with van der Waals surface area (Å²) in [6.45, 7) is 5.83. The zero-order valence-corrected chi connectivity index (χ0v) is 7.79. The standard InChI is InChI=1S/C9H17NO2/c1-7-4-3-5-10(6-7)8(2)9(11)12/h7-8H,3-6H2,1-2H3,(H,11,12)/t7-,8-/m0/s1. The monoisotopic (exact) mass is 171 g/mol. The van der Waals surface area contributed by atoms with Gasteiger partial charge >= 0.3 is 5.97 Å². The molecule has 3 nitrogen and oxygen atoms in total. The molecule has 3 heteroatoms. The first-order valence-electron chi connectivity index (χ1n) is 4.58. The van der Waals surface area contributed by atoms with E-state index in [0.29, 0.717) is 5.92 Å². The van der Waals surface area contributed by atoms with Crippen molar-refractivity contribution in [3.63, 3.8) is 0 Å². The second kappa shape index (κ2) is 3.90. The van der Waals surface area contributed by atoms with E-state index in [1.807, 2.05) is 0 Å². The summed E-state index contributed by atoms with van der Waals surface area (Å²) < 4.78 is 0. The van der Waals surface area contributed by atoms with E-state index < -0.39 is 5.97 Å². The van der Waals surface area contributed by atoms with Crippen LogP contribution in [0.5, 0.6) is 0 Å². The Morgan fingerprint density at radius 3 is 2.83 bits per heavy atom. The van der Waals surface area contributed by atoms with Crippen LogP contribution in [0.25, 0.3) is 0 Å². The molecule has 70 valence electrons. The van der Waals surface area contributed by atoms with Gasteiger partial charge in [0.2, 0.25) is 0 Å². The van der Waals surface area contributed by atoms with Crippen molar-refractivity contribution in [2.45, 2.75) is 32.7 Å². The molecule has 1 aliphatic rings. The molecule has 0 bridgehead atoms. The van der Waals surface area contributed by atoms with E-state index in [2.05, 4.69) is 11.8 Å². The molecule has 0 saturated carbocycles. The molecule has 0 radical (unpaired) electrons. The van der Waals surface area contributed by atoms with E-state index in [0.717, 1.165) is 19.5 Å². The number of carbonyl (C=O) groups is 1. The van der Waals surface area contributed by atoms with E-state index in [4.69, 9.17) is 5.11 Å². The van der Waals surface area contributed by atoms with Crippen LogP contribution in [0.4, 0.5) is 0 Å². The van der Waals surface area contributed by atoms with Gasteiger partial charge in [-0.05, 0) is 32.2 Å². The number of carboxylic acids is 1. The van der Waals surface area contributed by atoms with Gasteiger partial charge in [-0.3, -0.25) is 9.69 Å². The lowest BCUT2D eigenvalue weighted by molar-refractivity contribution is -0.143. The van der Waals surface area contributed by atoms with E-state index in [1.54, 1.807) is 6.92 Å². The van der Waals surface area contributed by atoms with Gasteiger partial charge in [-0.1, -0.05) is 6.92 Å². The Morgan fingerprint density at radius 1 is 1.67 bits per heavy atom. The van der Waals surface area contributed by atoms with E-state index in [-0.39, 0.29) is 6.04 Å². The summed E-state index contributed by atoms with van der Waals surface area (Å²) >= 11 is 0. The Bertz CT molecular complexity index is 170. The molecule has 0 aliphatic carbocycles. The number of hydrogen-bond donors (Lipinski definition) is 1. The highest BCUT2D eigenvalue weighted by Crippen LogP contribution is 2.17. The molecule has 0 aromatic heterocycles. The SMILES string of the molecule is C[C@H]1CCCN([C@@H](C)C(=O)O)C1. The van der Waals surface area contributed by atoms with Gasteiger partial charge in [-0.25, -0.2) is 0 Å². The Balaban J connectivity index is 2.45. The highest BCUT2D eigenvalue weighted by Gasteiger charge is 2.24. The maximum absolute atomic E-state index is 10.7. The molecule has 1 N–H and O–H groups in total. The predicted octanol–water partition coefficient (Wildman–Crippen LogP) is 1.19. The molecule has 1 heterocycles. The number of hydrogen-bond acceptors (Lipinski definition) is 2. The second-order valence-electron chi connectivity index (χ2n) is 3.76. The Labute approximate surface area is 73.4 Å². The molecule has 2 atom stereocenters. The summed E-state index contributed by atoms with van der Waals surface area (Å²) in [5.74, 6) is -0.0513. The largest absolute Gasteiger partial charge is 0.480 e. The van der Waals surface area contributed by atoms with Gasteiger partial charge in [0.1, 0.15) is 6.04 Å². The zero-order chi connectivity index (χ0) is 9.14. The van der Waals surface area contributed by atoms with Gasteiger partial charge in [0, 0.05) is 6.54 Å². The first-order chi connectivity index (χ1) is 5.61. The van der Waals surface area contributed by atoms with Gasteiger partial charge in [-0.15, -0.1) is 0 Å². The van der Waals surface area contributed by atoms with E-state index in [1.165, 1.54) is 6.42 Å². The van der Waals surface area contributed by atoms with Crippen molar-refractivity contribution >= 4 is 5.97 Å². The van der Waals surface area contributed by atoms with Gasteiger partial charge in [-0.2, -0.15) is 0 Å². The molecule has 0 aromatic rings. The van der Waals surface area contributed by atoms with Crippen molar-refractivity contribution < 1.29 is 9.90 Å². The summed E-state index contributed by atoms with van der Waals surface area (Å²) in [7, 11) is 0. The molecule has 1 rings (SSSR count). The van der Waals surface area contributed by atoms with Crippen LogP contribution in [0.2, 0.25) is 0 Å². The fraction of sp³-hybridized carbons (Fsp3) is 0.889. The normalized spacial score (nSPS) is 28.3. The number of nitrogens with zero attached hydrogens (tertiary/aromatic N) is 1. The summed E-state index contributed by atoms with van der Waals surface area (Å²) in [5.41, 5.74) is 0. The first-order valence-corrected chi connectivity index (χ1v) is 4.58. The molecular formula is C9H17NO2. The van der Waals surface area contributed by atoms with Crippen molar-refractivity contribution in [1.29, 1.82) is 0 Å². The molecule has 1 fully saturated rings. The lowest BCUT2D eigenvalue weighted by Gasteiger charge is -2.33. The van der Waals surface area contributed by atoms with E-state index in [9.17, 15) is 4.79 Å². The molecule has 0 aromatic carbocycles. The Hall–Kier alpha value is -0.570. The summed E-state index contributed by atoms with van der Waals surface area (Å²) in [6.07, 6.45) is 2.38. The van der Waals surface area contributed by atoms with Crippen LogP contribution in [0, 0.1) is 5.92 Å². The highest BCUT2D eigenvalue weighted by atomic mass is 16.4. The first kappa shape index (κ1) is 9.52. The van der Waals surface area contributed by atoms with Crippen molar-refractivity contribution in [2.24, 2.45) is 5.92 Å². The number of likely N-dealkylation sites (tertiary alicyclic amines) is 1. The number of rotatable bonds is 2. The summed E-state index contributed by atoms with van der Waals surface area (Å²) in [4.78, 5) is 12.7. The Morgan fingerprint density at radius 2 is 2.33 bits per heavy atom. The fourth-order valence-corrected chi connectivity index (χ4v) is 1.73. The Kier molecular flexibility index (Phi) is 3.09. The van der Waals surface area contributed by atoms with Crippen molar-refractivity contribution in [1.82, 2.24) is 4.90 Å². The third-order valence-electron chi connectivity index (χ3n) is 2.59. The van der Waals surface area contributed by atoms with Gasteiger partial charge in [0.25, 0.3) is 0 Å². The van der Waals surface area contributed by atoms with E-state index >= 15 is 0 Å². The number of piperidine rings is 1. The number of aliphatic carboxylic acids is 1. The quantitative estimate of drug-likeness (QED) is 0.678. The van der Waals surface area contributed by atoms with Crippen molar-refractivity contribution in [3.05, 3.63) is 0 Å². The van der Waals surface area contributed by atoms with Gasteiger partial charge in [0.05, 0.1) is 0 Å². The van der Waals surface area contributed by atoms with Crippen molar-refractivity contribution in [2.75, 3.05) is 13.1 Å². The smallest absolute Gasteiger partial charge is 0.320 e. The van der Waals surface area contributed by atoms with Crippen LogP contribution < -0.4 is 0 Å². The fourth-order valence-electron chi connectivity index (χ4n) is 1.73. The second-order valence-corrected chi connectivity index (χ2v) is 3.76. The third-order valence-corrected chi connectivity index (χ3v) is 2.59. The predicted molar refractivity (Wildman–Crippen MR) is 47.1 cm³/mol.